The zero-order chi connectivity index (χ0) is 26.9. The molecule has 202 valence electrons. The molecule has 0 unspecified atom stereocenters. The lowest BCUT2D eigenvalue weighted by Gasteiger charge is -2.21. The van der Waals surface area contributed by atoms with Gasteiger partial charge in [-0.2, -0.15) is 0 Å². The first kappa shape index (κ1) is 27.0. The summed E-state index contributed by atoms with van der Waals surface area (Å²) < 4.78 is 2.20. The van der Waals surface area contributed by atoms with Gasteiger partial charge in [-0.1, -0.05) is 125 Å². The Balaban J connectivity index is 1.36. The van der Waals surface area contributed by atoms with E-state index in [9.17, 15) is 0 Å². The van der Waals surface area contributed by atoms with Gasteiger partial charge in [0.25, 0.3) is 0 Å². The number of nitrogens with one attached hydrogen (secondary N) is 1. The van der Waals surface area contributed by atoms with Gasteiger partial charge in [0.2, 0.25) is 0 Å². The lowest BCUT2D eigenvalue weighted by Crippen LogP contribution is -2.36. The van der Waals surface area contributed by atoms with E-state index in [2.05, 4.69) is 102 Å². The molecule has 2 aliphatic rings. The van der Waals surface area contributed by atoms with Crippen molar-refractivity contribution in [3.63, 3.8) is 0 Å². The Morgan fingerprint density at radius 2 is 1.62 bits per heavy atom. The zero-order valence-electron chi connectivity index (χ0n) is 23.6. The van der Waals surface area contributed by atoms with Crippen LogP contribution >= 0.6 is 0 Å². The third-order valence-electron chi connectivity index (χ3n) is 7.87. The van der Waals surface area contributed by atoms with Crippen molar-refractivity contribution in [3.8, 4) is 0 Å². The smallest absolute Gasteiger partial charge is 0.157 e. The maximum Gasteiger partial charge on any atom is 0.157 e. The van der Waals surface area contributed by atoms with Gasteiger partial charge in [-0.3, -0.25) is 4.57 Å². The predicted molar refractivity (Wildman–Crippen MR) is 165 cm³/mol. The number of allylic oxidation sites excluding steroid dienone is 3. The van der Waals surface area contributed by atoms with Crippen LogP contribution in [0.15, 0.2) is 84.1 Å². The number of benzene rings is 2. The predicted octanol–water partition coefficient (Wildman–Crippen LogP) is 7.21. The van der Waals surface area contributed by atoms with Crippen LogP contribution in [-0.2, 0) is 19.3 Å². The fraction of sp³-hybridized carbons (Fsp3) is 0.361. The maximum atomic E-state index is 5.16. The van der Waals surface area contributed by atoms with E-state index in [1.54, 1.807) is 0 Å². The van der Waals surface area contributed by atoms with Crippen LogP contribution < -0.4 is 16.1 Å². The molecule has 0 radical (unpaired) electrons. The van der Waals surface area contributed by atoms with Crippen molar-refractivity contribution in [1.82, 2.24) is 14.9 Å². The minimum absolute atomic E-state index is 0.800. The lowest BCUT2D eigenvalue weighted by atomic mass is 10.0. The standard InChI is InChI=1S/C36H43N3/c1-3-4-5-6-7-8-11-17-29-20-16-21-31(24-29)26-33-28(2)39-27-35(32-22-14-10-15-23-32)37-34(36(39)38-33)25-30-18-12-9-13-19-30/h9,12-14,16,18-24,27,37H,2-8,10-11,15,17,25-26H2,1H3. The average molecular weight is 518 g/mol. The van der Waals surface area contributed by atoms with Crippen molar-refractivity contribution in [2.45, 2.75) is 84.0 Å². The molecular formula is C36H43N3. The van der Waals surface area contributed by atoms with Crippen molar-refractivity contribution in [1.29, 1.82) is 0 Å². The van der Waals surface area contributed by atoms with Crippen LogP contribution in [0.4, 0.5) is 0 Å². The normalized spacial score (nSPS) is 14.5. The zero-order valence-corrected chi connectivity index (χ0v) is 23.6. The summed E-state index contributed by atoms with van der Waals surface area (Å²) in [5.41, 5.74) is 9.54. The molecule has 0 bridgehead atoms. The molecule has 0 spiro atoms. The molecule has 3 heteroatoms. The Hall–Kier alpha value is -3.59. The van der Waals surface area contributed by atoms with Crippen LogP contribution in [0.1, 0.15) is 87.1 Å². The van der Waals surface area contributed by atoms with Crippen LogP contribution in [0.3, 0.4) is 0 Å². The van der Waals surface area contributed by atoms with Crippen LogP contribution in [0.25, 0.3) is 18.5 Å². The van der Waals surface area contributed by atoms with E-state index in [0.29, 0.717) is 0 Å². The monoisotopic (exact) mass is 517 g/mol. The van der Waals surface area contributed by atoms with Crippen molar-refractivity contribution in [3.05, 3.63) is 117 Å². The van der Waals surface area contributed by atoms with Gasteiger partial charge in [-0.05, 0) is 47.9 Å². The number of aryl methyl sites for hydroxylation is 1. The number of unbranched alkanes of at least 4 members (excludes halogenated alkanes) is 6. The van der Waals surface area contributed by atoms with Crippen LogP contribution in [0.2, 0.25) is 0 Å². The third kappa shape index (κ3) is 7.09. The topological polar surface area (TPSA) is 29.9 Å². The van der Waals surface area contributed by atoms with Gasteiger partial charge in [0.1, 0.15) is 0 Å². The van der Waals surface area contributed by atoms with Gasteiger partial charge in [-0.15, -0.1) is 0 Å². The molecule has 1 aliphatic heterocycles. The number of aromatic nitrogens is 2. The van der Waals surface area contributed by atoms with Gasteiger partial charge < -0.3 is 5.32 Å². The fourth-order valence-electron chi connectivity index (χ4n) is 5.64. The quantitative estimate of drug-likeness (QED) is 0.243. The molecule has 0 atom stereocenters. The highest BCUT2D eigenvalue weighted by Crippen LogP contribution is 2.21. The van der Waals surface area contributed by atoms with Gasteiger partial charge in [0.15, 0.2) is 5.48 Å². The molecule has 1 aliphatic carbocycles. The van der Waals surface area contributed by atoms with Gasteiger partial charge in [0, 0.05) is 19.0 Å². The van der Waals surface area contributed by atoms with Crippen molar-refractivity contribution < 1.29 is 0 Å². The molecule has 0 saturated heterocycles. The van der Waals surface area contributed by atoms with Gasteiger partial charge in [-0.25, -0.2) is 4.98 Å². The Morgan fingerprint density at radius 3 is 2.41 bits per heavy atom. The second-order valence-electron chi connectivity index (χ2n) is 11.0. The molecule has 3 nitrogen and oxygen atoms in total. The molecule has 2 aromatic carbocycles. The number of rotatable bonds is 13. The van der Waals surface area contributed by atoms with Crippen molar-refractivity contribution in [2.24, 2.45) is 0 Å². The molecule has 39 heavy (non-hydrogen) atoms. The molecule has 5 rings (SSSR count). The molecule has 3 aromatic rings. The molecule has 0 saturated carbocycles. The Labute approximate surface area is 234 Å². The Kier molecular flexibility index (Phi) is 9.32. The largest absolute Gasteiger partial charge is 0.354 e. The second-order valence-corrected chi connectivity index (χ2v) is 11.0. The SMILES string of the molecule is C=c1c(Cc2cccc(CCCCCCCCC)c2)nc2n1C=C(C1=CCCC=C1)NC=2Cc1ccccc1. The van der Waals surface area contributed by atoms with Gasteiger partial charge in [0.05, 0.1) is 22.4 Å². The van der Waals surface area contributed by atoms with E-state index in [-0.39, 0.29) is 0 Å². The minimum atomic E-state index is 0.800. The van der Waals surface area contributed by atoms with E-state index in [1.807, 2.05) is 0 Å². The summed E-state index contributed by atoms with van der Waals surface area (Å²) in [5, 5.41) is 4.71. The van der Waals surface area contributed by atoms with Crippen molar-refractivity contribution >= 4 is 18.5 Å². The van der Waals surface area contributed by atoms with Crippen molar-refractivity contribution in [2.75, 3.05) is 0 Å². The molecule has 1 aromatic heterocycles. The summed E-state index contributed by atoms with van der Waals surface area (Å²) in [6.45, 7) is 6.78. The lowest BCUT2D eigenvalue weighted by molar-refractivity contribution is 0.589. The maximum absolute atomic E-state index is 5.16. The molecule has 1 N–H and O–H groups in total. The molecule has 2 heterocycles. The van der Waals surface area contributed by atoms with E-state index < -0.39 is 0 Å². The first-order valence-corrected chi connectivity index (χ1v) is 15.0. The average Bonchev–Trinajstić information content (AvgIpc) is 3.29. The highest BCUT2D eigenvalue weighted by molar-refractivity contribution is 5.61. The number of hydrogen-bond acceptors (Lipinski definition) is 2. The number of hydrogen-bond donors (Lipinski definition) is 1. The highest BCUT2D eigenvalue weighted by atomic mass is 15.1. The Bertz CT molecular complexity index is 1450. The van der Waals surface area contributed by atoms with Crippen LogP contribution in [-0.4, -0.2) is 9.55 Å². The third-order valence-corrected chi connectivity index (χ3v) is 7.87. The van der Waals surface area contributed by atoms with E-state index >= 15 is 0 Å². The van der Waals surface area contributed by atoms with E-state index in [0.717, 1.165) is 60.0 Å². The van der Waals surface area contributed by atoms with E-state index in [4.69, 9.17) is 4.98 Å². The highest BCUT2D eigenvalue weighted by Gasteiger charge is 2.18. The van der Waals surface area contributed by atoms with Gasteiger partial charge >= 0.3 is 0 Å². The fourth-order valence-corrected chi connectivity index (χ4v) is 5.64. The summed E-state index contributed by atoms with van der Waals surface area (Å²) >= 11 is 0. The summed E-state index contributed by atoms with van der Waals surface area (Å²) in [6, 6.07) is 19.7. The first-order chi connectivity index (χ1) is 19.2. The summed E-state index contributed by atoms with van der Waals surface area (Å²) in [7, 11) is 0. The first-order valence-electron chi connectivity index (χ1n) is 15.0. The molecular weight excluding hydrogens is 474 g/mol. The van der Waals surface area contributed by atoms with Crippen LogP contribution in [0, 0.1) is 0 Å². The van der Waals surface area contributed by atoms with Crippen LogP contribution in [0.5, 0.6) is 0 Å². The number of imidazole rings is 1. The summed E-state index contributed by atoms with van der Waals surface area (Å²) in [5.74, 6) is 0. The number of fused-ring (bicyclic) bond motifs is 1. The summed E-state index contributed by atoms with van der Waals surface area (Å²) in [4.78, 5) is 5.16. The molecule has 0 amide bonds. The summed E-state index contributed by atoms with van der Waals surface area (Å²) in [6.07, 6.45) is 23.4. The second kappa shape index (κ2) is 13.5. The van der Waals surface area contributed by atoms with E-state index in [1.165, 1.54) is 67.2 Å². The molecule has 0 fully saturated rings. The number of nitrogens with zero attached hydrogens (tertiary/aromatic N) is 2. The Morgan fingerprint density at radius 1 is 0.846 bits per heavy atom. The minimum Gasteiger partial charge on any atom is -0.354 e.